The summed E-state index contributed by atoms with van der Waals surface area (Å²) in [6.45, 7) is 1.51. The molecule has 0 radical (unpaired) electrons. The van der Waals surface area contributed by atoms with Crippen molar-refractivity contribution in [2.45, 2.75) is 6.54 Å². The molecule has 50 valence electrons. The van der Waals surface area contributed by atoms with Gasteiger partial charge in [-0.05, 0) is 0 Å². The van der Waals surface area contributed by atoms with Gasteiger partial charge in [0.2, 0.25) is 0 Å². The maximum Gasteiger partial charge on any atom is 1.00 e. The molecule has 0 aromatic carbocycles. The van der Waals surface area contributed by atoms with Gasteiger partial charge in [-0.3, -0.25) is 0 Å². The molecule has 0 amide bonds. The third-order valence-electron chi connectivity index (χ3n) is 1.03. The first-order valence-electron chi connectivity index (χ1n) is 2.81. The van der Waals surface area contributed by atoms with E-state index in [2.05, 4.69) is 11.2 Å². The predicted molar refractivity (Wildman–Crippen MR) is 32.9 cm³/mol. The van der Waals surface area contributed by atoms with E-state index in [1.165, 1.54) is 0 Å². The van der Waals surface area contributed by atoms with E-state index in [1.807, 2.05) is 0 Å². The summed E-state index contributed by atoms with van der Waals surface area (Å²) in [5, 5.41) is 3.93. The molecule has 0 atom stereocenters. The fraction of sp³-hybridized carbons (Fsp3) is 0.500. The summed E-state index contributed by atoms with van der Waals surface area (Å²) in [6.07, 6.45) is 3.43. The Hall–Kier alpha value is -0.233. The van der Waals surface area contributed by atoms with E-state index in [9.17, 15) is 0 Å². The molecule has 0 bridgehead atoms. The van der Waals surface area contributed by atoms with Gasteiger partial charge in [-0.1, -0.05) is 0 Å². The van der Waals surface area contributed by atoms with Crippen molar-refractivity contribution in [3.05, 3.63) is 18.5 Å². The predicted octanol–water partition coefficient (Wildman–Crippen LogP) is -2.67. The van der Waals surface area contributed by atoms with Crippen LogP contribution in [0.1, 0.15) is 0 Å². The molecule has 1 heterocycles. The number of methoxy groups -OCH3 is 1. The second-order valence-corrected chi connectivity index (χ2v) is 1.70. The maximum atomic E-state index is 4.84. The van der Waals surface area contributed by atoms with Gasteiger partial charge in [0.25, 0.3) is 0 Å². The second kappa shape index (κ2) is 5.54. The summed E-state index contributed by atoms with van der Waals surface area (Å²) in [7, 11) is 1.67. The van der Waals surface area contributed by atoms with E-state index in [0.717, 1.165) is 6.54 Å². The summed E-state index contributed by atoms with van der Waals surface area (Å²) in [5.41, 5.74) is 0. The summed E-state index contributed by atoms with van der Waals surface area (Å²) in [5.74, 6) is 0. The molecular formula is C6H9LiN2O. The number of nitrogens with zero attached hydrogens (tertiary/aromatic N) is 2. The zero-order chi connectivity index (χ0) is 6.53. The fourth-order valence-corrected chi connectivity index (χ4v) is 0.567. The molecular weight excluding hydrogens is 123 g/mol. The standard InChI is InChI=1S/C6H9N2O.Li/c1-9-6-5-8-4-2-3-7-8;/h3-4H,5-6H2,1H3;/q-1;+1. The Morgan fingerprint density at radius 2 is 2.50 bits per heavy atom. The van der Waals surface area contributed by atoms with E-state index in [4.69, 9.17) is 4.74 Å². The van der Waals surface area contributed by atoms with Gasteiger partial charge in [0.05, 0.1) is 13.2 Å². The normalized spacial score (nSPS) is 8.90. The van der Waals surface area contributed by atoms with Crippen molar-refractivity contribution in [2.24, 2.45) is 0 Å². The summed E-state index contributed by atoms with van der Waals surface area (Å²) >= 11 is 0. The molecule has 0 saturated heterocycles. The van der Waals surface area contributed by atoms with Crippen molar-refractivity contribution in [2.75, 3.05) is 13.7 Å². The monoisotopic (exact) mass is 132 g/mol. The first-order valence-corrected chi connectivity index (χ1v) is 2.81. The average molecular weight is 132 g/mol. The Morgan fingerprint density at radius 1 is 1.70 bits per heavy atom. The molecule has 1 aromatic rings. The molecule has 0 fully saturated rings. The van der Waals surface area contributed by atoms with Crippen LogP contribution >= 0.6 is 0 Å². The van der Waals surface area contributed by atoms with Gasteiger partial charge in [-0.15, -0.1) is 6.20 Å². The minimum atomic E-state index is 0. The molecule has 0 spiro atoms. The minimum Gasteiger partial charge on any atom is -0.432 e. The van der Waals surface area contributed by atoms with Crippen LogP contribution in [0.2, 0.25) is 0 Å². The quantitative estimate of drug-likeness (QED) is 0.331. The maximum absolute atomic E-state index is 4.84. The van der Waals surface area contributed by atoms with Crippen LogP contribution in [0.3, 0.4) is 0 Å². The number of hydrogen-bond acceptors (Lipinski definition) is 2. The molecule has 4 heteroatoms. The number of rotatable bonds is 3. The third-order valence-corrected chi connectivity index (χ3v) is 1.03. The van der Waals surface area contributed by atoms with Crippen LogP contribution < -0.4 is 18.9 Å². The summed E-state index contributed by atoms with van der Waals surface area (Å²) in [4.78, 5) is 0. The molecule has 0 N–H and O–H groups in total. The van der Waals surface area contributed by atoms with Crippen LogP contribution in [0.4, 0.5) is 0 Å². The molecule has 0 saturated carbocycles. The Balaban J connectivity index is 0.000000810. The van der Waals surface area contributed by atoms with E-state index in [0.29, 0.717) is 6.61 Å². The van der Waals surface area contributed by atoms with Gasteiger partial charge in [0, 0.05) is 7.11 Å². The van der Waals surface area contributed by atoms with Crippen molar-refractivity contribution in [3.8, 4) is 0 Å². The first-order chi connectivity index (χ1) is 4.43. The average Bonchev–Trinajstić information content (AvgIpc) is 2.34. The van der Waals surface area contributed by atoms with Crippen molar-refractivity contribution in [3.63, 3.8) is 0 Å². The Morgan fingerprint density at radius 3 is 3.00 bits per heavy atom. The minimum absolute atomic E-state index is 0. The van der Waals surface area contributed by atoms with Crippen LogP contribution in [-0.4, -0.2) is 23.5 Å². The van der Waals surface area contributed by atoms with E-state index >= 15 is 0 Å². The zero-order valence-corrected chi connectivity index (χ0v) is 6.37. The van der Waals surface area contributed by atoms with E-state index in [-0.39, 0.29) is 18.9 Å². The zero-order valence-electron chi connectivity index (χ0n) is 6.37. The van der Waals surface area contributed by atoms with Crippen LogP contribution in [0.15, 0.2) is 12.4 Å². The number of hydrogen-bond donors (Lipinski definition) is 0. The SMILES string of the molecule is COCCn1c[c-]cn1.[Li+]. The van der Waals surface area contributed by atoms with E-state index in [1.54, 1.807) is 24.2 Å². The van der Waals surface area contributed by atoms with Crippen LogP contribution in [-0.2, 0) is 11.3 Å². The van der Waals surface area contributed by atoms with Crippen molar-refractivity contribution in [1.82, 2.24) is 9.78 Å². The Bertz CT molecular complexity index is 153. The third kappa shape index (κ3) is 3.07. The molecule has 0 aliphatic heterocycles. The van der Waals surface area contributed by atoms with Gasteiger partial charge in [0.15, 0.2) is 0 Å². The van der Waals surface area contributed by atoms with Crippen LogP contribution in [0, 0.1) is 6.07 Å². The molecule has 1 rings (SSSR count). The Kier molecular flexibility index (Phi) is 5.42. The molecule has 3 nitrogen and oxygen atoms in total. The smallest absolute Gasteiger partial charge is 0.432 e. The van der Waals surface area contributed by atoms with Crippen molar-refractivity contribution < 1.29 is 23.6 Å². The van der Waals surface area contributed by atoms with Gasteiger partial charge in [-0.2, -0.15) is 6.20 Å². The Labute approximate surface area is 72.5 Å². The van der Waals surface area contributed by atoms with E-state index < -0.39 is 0 Å². The second-order valence-electron chi connectivity index (χ2n) is 1.70. The number of aromatic nitrogens is 2. The van der Waals surface area contributed by atoms with Gasteiger partial charge in [-0.25, -0.2) is 5.10 Å². The molecule has 0 aliphatic carbocycles. The molecule has 1 aromatic heterocycles. The van der Waals surface area contributed by atoms with Crippen molar-refractivity contribution >= 4 is 0 Å². The number of ether oxygens (including phenoxy) is 1. The van der Waals surface area contributed by atoms with Gasteiger partial charge in [0.1, 0.15) is 0 Å². The van der Waals surface area contributed by atoms with Gasteiger partial charge < -0.3 is 15.5 Å². The summed E-state index contributed by atoms with van der Waals surface area (Å²) in [6, 6.07) is 2.83. The van der Waals surface area contributed by atoms with Crippen molar-refractivity contribution in [1.29, 1.82) is 0 Å². The van der Waals surface area contributed by atoms with Crippen LogP contribution in [0.25, 0.3) is 0 Å². The molecule has 0 aliphatic rings. The topological polar surface area (TPSA) is 27.1 Å². The fourth-order valence-electron chi connectivity index (χ4n) is 0.567. The molecule has 0 unspecified atom stereocenters. The van der Waals surface area contributed by atoms with Gasteiger partial charge >= 0.3 is 18.9 Å². The summed E-state index contributed by atoms with van der Waals surface area (Å²) < 4.78 is 6.62. The largest absolute Gasteiger partial charge is 1.00 e. The molecule has 10 heavy (non-hydrogen) atoms. The van der Waals surface area contributed by atoms with Crippen LogP contribution in [0.5, 0.6) is 0 Å². The first kappa shape index (κ1) is 9.77.